The highest BCUT2D eigenvalue weighted by Crippen LogP contribution is 2.19. The molecule has 5 nitrogen and oxygen atoms in total. The molecule has 19 heavy (non-hydrogen) atoms. The number of aliphatic carboxylic acids is 1. The standard InChI is InChI=1S/C12H14BrFN2O3/c1-2-3-10(11(17)18)16-12(19)15-7-4-5-8(13)9(14)6-7/h4-6,10H,2-3H2,1H3,(H,17,18)(H2,15,16,19)/t10-/m1/s1. The molecule has 0 saturated carbocycles. The van der Waals surface area contributed by atoms with Gasteiger partial charge in [-0.05, 0) is 40.5 Å². The summed E-state index contributed by atoms with van der Waals surface area (Å²) in [6, 6.07) is 2.46. The maximum atomic E-state index is 13.2. The van der Waals surface area contributed by atoms with Crippen molar-refractivity contribution in [1.82, 2.24) is 5.32 Å². The highest BCUT2D eigenvalue weighted by atomic mass is 79.9. The molecule has 0 aromatic heterocycles. The first-order valence-electron chi connectivity index (χ1n) is 5.69. The first-order chi connectivity index (χ1) is 8.93. The average Bonchev–Trinajstić information content (AvgIpc) is 2.33. The minimum absolute atomic E-state index is 0.249. The summed E-state index contributed by atoms with van der Waals surface area (Å²) >= 11 is 2.99. The Morgan fingerprint density at radius 1 is 1.47 bits per heavy atom. The molecule has 1 rings (SSSR count). The summed E-state index contributed by atoms with van der Waals surface area (Å²) in [6.45, 7) is 1.82. The molecule has 0 aliphatic heterocycles. The van der Waals surface area contributed by atoms with Crippen LogP contribution in [-0.4, -0.2) is 23.1 Å². The van der Waals surface area contributed by atoms with Crippen molar-refractivity contribution in [2.24, 2.45) is 0 Å². The predicted octanol–water partition coefficient (Wildman–Crippen LogP) is 2.96. The number of benzene rings is 1. The van der Waals surface area contributed by atoms with Gasteiger partial charge in [-0.1, -0.05) is 13.3 Å². The molecule has 1 atom stereocenters. The Hall–Kier alpha value is -1.63. The summed E-state index contributed by atoms with van der Waals surface area (Å²) in [5.74, 6) is -1.61. The highest BCUT2D eigenvalue weighted by Gasteiger charge is 2.18. The maximum Gasteiger partial charge on any atom is 0.326 e. The predicted molar refractivity (Wildman–Crippen MR) is 72.6 cm³/mol. The Balaban J connectivity index is 2.63. The molecule has 7 heteroatoms. The van der Waals surface area contributed by atoms with Crippen molar-refractivity contribution in [3.8, 4) is 0 Å². The Labute approximate surface area is 118 Å². The fourth-order valence-corrected chi connectivity index (χ4v) is 1.69. The molecule has 0 bridgehead atoms. The second kappa shape index (κ2) is 7.08. The van der Waals surface area contributed by atoms with E-state index >= 15 is 0 Å². The number of amides is 2. The van der Waals surface area contributed by atoms with E-state index in [0.717, 1.165) is 6.07 Å². The van der Waals surface area contributed by atoms with Crippen molar-refractivity contribution < 1.29 is 19.1 Å². The molecule has 0 saturated heterocycles. The van der Waals surface area contributed by atoms with Crippen molar-refractivity contribution in [1.29, 1.82) is 0 Å². The van der Waals surface area contributed by atoms with Crippen LogP contribution in [0.15, 0.2) is 22.7 Å². The summed E-state index contributed by atoms with van der Waals surface area (Å²) in [7, 11) is 0. The molecular weight excluding hydrogens is 319 g/mol. The zero-order valence-electron chi connectivity index (χ0n) is 10.2. The molecule has 0 unspecified atom stereocenters. The summed E-state index contributed by atoms with van der Waals surface area (Å²) in [4.78, 5) is 22.4. The van der Waals surface area contributed by atoms with Crippen LogP contribution in [0.5, 0.6) is 0 Å². The second-order valence-corrected chi connectivity index (χ2v) is 4.76. The lowest BCUT2D eigenvalue weighted by Crippen LogP contribution is -2.42. The van der Waals surface area contributed by atoms with Crippen molar-refractivity contribution in [2.45, 2.75) is 25.8 Å². The van der Waals surface area contributed by atoms with Crippen molar-refractivity contribution in [2.75, 3.05) is 5.32 Å². The normalized spacial score (nSPS) is 11.7. The number of carbonyl (C=O) groups excluding carboxylic acids is 1. The van der Waals surface area contributed by atoms with E-state index in [2.05, 4.69) is 26.6 Å². The molecule has 1 aromatic carbocycles. The van der Waals surface area contributed by atoms with Gasteiger partial charge in [0.2, 0.25) is 0 Å². The highest BCUT2D eigenvalue weighted by molar-refractivity contribution is 9.10. The van der Waals surface area contributed by atoms with Gasteiger partial charge in [0, 0.05) is 5.69 Å². The molecule has 3 N–H and O–H groups in total. The fraction of sp³-hybridized carbons (Fsp3) is 0.333. The SMILES string of the molecule is CCC[C@@H](NC(=O)Nc1ccc(Br)c(F)c1)C(=O)O. The third-order valence-corrected chi connectivity index (χ3v) is 3.00. The van der Waals surface area contributed by atoms with Crippen molar-refractivity contribution in [3.63, 3.8) is 0 Å². The smallest absolute Gasteiger partial charge is 0.326 e. The molecule has 1 aromatic rings. The van der Waals surface area contributed by atoms with E-state index in [-0.39, 0.29) is 10.2 Å². The van der Waals surface area contributed by atoms with Crippen LogP contribution < -0.4 is 10.6 Å². The van der Waals surface area contributed by atoms with Gasteiger partial charge >= 0.3 is 12.0 Å². The molecule has 0 spiro atoms. The molecule has 0 heterocycles. The molecule has 104 valence electrons. The summed E-state index contributed by atoms with van der Waals surface area (Å²) in [5.41, 5.74) is 0.249. The largest absolute Gasteiger partial charge is 0.480 e. The average molecular weight is 333 g/mol. The van der Waals surface area contributed by atoms with Crippen LogP contribution in [0, 0.1) is 5.82 Å². The Morgan fingerprint density at radius 2 is 2.16 bits per heavy atom. The third kappa shape index (κ3) is 4.86. The lowest BCUT2D eigenvalue weighted by Gasteiger charge is -2.14. The molecule has 2 amide bonds. The van der Waals surface area contributed by atoms with Crippen molar-refractivity contribution in [3.05, 3.63) is 28.5 Å². The summed E-state index contributed by atoms with van der Waals surface area (Å²) in [6.07, 6.45) is 0.960. The monoisotopic (exact) mass is 332 g/mol. The maximum absolute atomic E-state index is 13.2. The number of hydrogen-bond donors (Lipinski definition) is 3. The van der Waals surface area contributed by atoms with E-state index < -0.39 is 23.9 Å². The van der Waals surface area contributed by atoms with Gasteiger partial charge in [0.05, 0.1) is 4.47 Å². The Bertz CT molecular complexity index is 482. The van der Waals surface area contributed by atoms with Crippen molar-refractivity contribution >= 4 is 33.6 Å². The number of carboxylic acid groups (broad SMARTS) is 1. The quantitative estimate of drug-likeness (QED) is 0.775. The van der Waals surface area contributed by atoms with Crippen LogP contribution in [0.4, 0.5) is 14.9 Å². The first kappa shape index (κ1) is 15.4. The van der Waals surface area contributed by atoms with Gasteiger partial charge in [0.15, 0.2) is 0 Å². The molecule has 0 aliphatic rings. The zero-order valence-corrected chi connectivity index (χ0v) is 11.8. The van der Waals surface area contributed by atoms with Gasteiger partial charge in [0.25, 0.3) is 0 Å². The van der Waals surface area contributed by atoms with E-state index in [0.29, 0.717) is 12.8 Å². The lowest BCUT2D eigenvalue weighted by atomic mass is 10.2. The van der Waals surface area contributed by atoms with E-state index in [1.165, 1.54) is 12.1 Å². The molecular formula is C12H14BrFN2O3. The van der Waals surface area contributed by atoms with E-state index in [1.807, 2.05) is 6.92 Å². The van der Waals surface area contributed by atoms with Crippen LogP contribution in [0.3, 0.4) is 0 Å². The number of nitrogens with one attached hydrogen (secondary N) is 2. The topological polar surface area (TPSA) is 78.4 Å². The minimum Gasteiger partial charge on any atom is -0.480 e. The lowest BCUT2D eigenvalue weighted by molar-refractivity contribution is -0.139. The summed E-state index contributed by atoms with van der Waals surface area (Å²) in [5, 5.41) is 13.6. The van der Waals surface area contributed by atoms with Gasteiger partial charge in [-0.15, -0.1) is 0 Å². The van der Waals surface area contributed by atoms with Gasteiger partial charge in [-0.3, -0.25) is 0 Å². The van der Waals surface area contributed by atoms with Crippen LogP contribution in [0.2, 0.25) is 0 Å². The summed E-state index contributed by atoms with van der Waals surface area (Å²) < 4.78 is 13.5. The van der Waals surface area contributed by atoms with Crippen LogP contribution >= 0.6 is 15.9 Å². The number of carboxylic acids is 1. The minimum atomic E-state index is -1.10. The van der Waals surface area contributed by atoms with E-state index in [4.69, 9.17) is 5.11 Å². The third-order valence-electron chi connectivity index (χ3n) is 2.36. The number of halogens is 2. The van der Waals surface area contributed by atoms with Crippen LogP contribution in [-0.2, 0) is 4.79 Å². The fourth-order valence-electron chi connectivity index (χ4n) is 1.45. The van der Waals surface area contributed by atoms with E-state index in [9.17, 15) is 14.0 Å². The second-order valence-electron chi connectivity index (χ2n) is 3.91. The molecule has 0 fully saturated rings. The Morgan fingerprint density at radius 3 is 2.68 bits per heavy atom. The Kier molecular flexibility index (Phi) is 5.75. The molecule has 0 radical (unpaired) electrons. The number of carbonyl (C=O) groups is 2. The number of anilines is 1. The van der Waals surface area contributed by atoms with Gasteiger partial charge in [0.1, 0.15) is 11.9 Å². The van der Waals surface area contributed by atoms with Crippen LogP contribution in [0.25, 0.3) is 0 Å². The number of urea groups is 1. The zero-order chi connectivity index (χ0) is 14.4. The number of rotatable bonds is 5. The van der Waals surface area contributed by atoms with Gasteiger partial charge < -0.3 is 15.7 Å². The van der Waals surface area contributed by atoms with Gasteiger partial charge in [-0.25, -0.2) is 14.0 Å². The van der Waals surface area contributed by atoms with E-state index in [1.54, 1.807) is 0 Å². The first-order valence-corrected chi connectivity index (χ1v) is 6.48. The van der Waals surface area contributed by atoms with Gasteiger partial charge in [-0.2, -0.15) is 0 Å². The van der Waals surface area contributed by atoms with Crippen LogP contribution in [0.1, 0.15) is 19.8 Å². The number of hydrogen-bond acceptors (Lipinski definition) is 2. The molecule has 0 aliphatic carbocycles.